The van der Waals surface area contributed by atoms with E-state index in [4.69, 9.17) is 14.4 Å². The van der Waals surface area contributed by atoms with Gasteiger partial charge in [-0.15, -0.1) is 0 Å². The number of nitrogens with one attached hydrogen (secondary N) is 2. The molecule has 0 saturated heterocycles. The van der Waals surface area contributed by atoms with Gasteiger partial charge in [-0.2, -0.15) is 5.10 Å². The Bertz CT molecular complexity index is 2580. The minimum atomic E-state index is 0.363. The number of hydrogen-bond acceptors (Lipinski definition) is 6. The van der Waals surface area contributed by atoms with E-state index >= 15 is 0 Å². The van der Waals surface area contributed by atoms with E-state index in [0.717, 1.165) is 77.2 Å². The van der Waals surface area contributed by atoms with Crippen LogP contribution in [0.1, 0.15) is 11.1 Å². The zero-order chi connectivity index (χ0) is 30.6. The molecule has 0 spiro atoms. The maximum atomic E-state index is 9.17. The van der Waals surface area contributed by atoms with Crippen LogP contribution in [0.3, 0.4) is 0 Å². The highest BCUT2D eigenvalue weighted by atomic mass is 16.3. The van der Waals surface area contributed by atoms with Gasteiger partial charge in [-0.25, -0.2) is 9.97 Å². The predicted octanol–water partition coefficient (Wildman–Crippen LogP) is 9.88. The molecule has 0 atom stereocenters. The first-order valence-corrected chi connectivity index (χ1v) is 15.1. The van der Waals surface area contributed by atoms with Crippen LogP contribution < -0.4 is 5.43 Å². The van der Waals surface area contributed by atoms with Crippen molar-refractivity contribution in [3.63, 3.8) is 0 Å². The van der Waals surface area contributed by atoms with Gasteiger partial charge in [-0.05, 0) is 58.8 Å². The zero-order valence-electron chi connectivity index (χ0n) is 24.5. The van der Waals surface area contributed by atoms with Crippen molar-refractivity contribution in [2.75, 3.05) is 5.43 Å². The number of hydrazone groups is 1. The molecule has 1 aliphatic rings. The summed E-state index contributed by atoms with van der Waals surface area (Å²) in [6.07, 6.45) is 3.90. The summed E-state index contributed by atoms with van der Waals surface area (Å²) in [7, 11) is 0. The molecule has 2 N–H and O–H groups in total. The molecule has 6 aromatic carbocycles. The fraction of sp³-hybridized carbons (Fsp3) is 0. The minimum absolute atomic E-state index is 0.363. The first-order valence-electron chi connectivity index (χ1n) is 15.1. The van der Waals surface area contributed by atoms with Gasteiger partial charge >= 0.3 is 0 Å². The Hall–Kier alpha value is -6.40. The number of benzene rings is 6. The van der Waals surface area contributed by atoms with E-state index in [1.54, 1.807) is 0 Å². The number of rotatable bonds is 4. The SMILES string of the molecule is N=C1/C(=N\Nc2ccccc2)C=Cc2ccc3ccc(-c4nc(-c5cccc6oc7ccccc7c56)c5ccccc5n4)cc3c21. The van der Waals surface area contributed by atoms with E-state index in [9.17, 15) is 5.41 Å². The van der Waals surface area contributed by atoms with Crippen molar-refractivity contribution in [3.8, 4) is 22.6 Å². The molecule has 0 saturated carbocycles. The highest BCUT2D eigenvalue weighted by molar-refractivity contribution is 6.55. The standard InChI is InChI=1S/C40H25N5O/c41-38-33(45-44-27-9-2-1-3-10-27)22-21-25-19-17-24-18-20-26(23-31(24)36(25)38)40-42-32-14-6-4-11-28(32)39(43-40)30-13-8-16-35-37(30)29-12-5-7-15-34(29)46-35/h1-23,41,44H/b41-38?,45-33-. The highest BCUT2D eigenvalue weighted by Crippen LogP contribution is 2.39. The third kappa shape index (κ3) is 4.19. The molecule has 46 heavy (non-hydrogen) atoms. The van der Waals surface area contributed by atoms with Crippen LogP contribution in [-0.4, -0.2) is 21.4 Å². The molecule has 6 heteroatoms. The number of nitrogens with zero attached hydrogens (tertiary/aromatic N) is 3. The molecular formula is C40H25N5O. The Morgan fingerprint density at radius 2 is 1.43 bits per heavy atom. The first-order chi connectivity index (χ1) is 22.7. The van der Waals surface area contributed by atoms with Gasteiger partial charge in [0.1, 0.15) is 16.9 Å². The van der Waals surface area contributed by atoms with Crippen molar-refractivity contribution in [1.82, 2.24) is 9.97 Å². The van der Waals surface area contributed by atoms with Crippen LogP contribution in [0.15, 0.2) is 143 Å². The van der Waals surface area contributed by atoms with Crippen LogP contribution in [-0.2, 0) is 0 Å². The minimum Gasteiger partial charge on any atom is -0.456 e. The number of allylic oxidation sites excluding steroid dienone is 1. The lowest BCUT2D eigenvalue weighted by molar-refractivity contribution is 0.669. The molecule has 6 nitrogen and oxygen atoms in total. The molecule has 0 fully saturated rings. The van der Waals surface area contributed by atoms with Crippen LogP contribution in [0, 0.1) is 5.41 Å². The van der Waals surface area contributed by atoms with Crippen LogP contribution in [0.2, 0.25) is 0 Å². The summed E-state index contributed by atoms with van der Waals surface area (Å²) in [6, 6.07) is 42.5. The maximum absolute atomic E-state index is 9.17. The van der Waals surface area contributed by atoms with E-state index in [1.165, 1.54) is 0 Å². The van der Waals surface area contributed by atoms with Crippen molar-refractivity contribution in [3.05, 3.63) is 145 Å². The number of anilines is 1. The smallest absolute Gasteiger partial charge is 0.160 e. The van der Waals surface area contributed by atoms with Crippen LogP contribution in [0.5, 0.6) is 0 Å². The van der Waals surface area contributed by atoms with Gasteiger partial charge in [0.25, 0.3) is 0 Å². The van der Waals surface area contributed by atoms with E-state index in [1.807, 2.05) is 91.0 Å². The summed E-state index contributed by atoms with van der Waals surface area (Å²) in [5.74, 6) is 0.621. The summed E-state index contributed by atoms with van der Waals surface area (Å²) in [6.45, 7) is 0. The topological polar surface area (TPSA) is 87.2 Å². The lowest BCUT2D eigenvalue weighted by Gasteiger charge is -2.17. The van der Waals surface area contributed by atoms with E-state index in [-0.39, 0.29) is 0 Å². The normalized spacial score (nSPS) is 13.7. The van der Waals surface area contributed by atoms with E-state index in [2.05, 4.69) is 59.1 Å². The monoisotopic (exact) mass is 591 g/mol. The Kier molecular flexibility index (Phi) is 5.86. The average molecular weight is 592 g/mol. The summed E-state index contributed by atoms with van der Waals surface area (Å²) < 4.78 is 6.22. The van der Waals surface area contributed by atoms with Gasteiger partial charge in [-0.3, -0.25) is 10.8 Å². The quantitative estimate of drug-likeness (QED) is 0.199. The molecule has 0 unspecified atom stereocenters. The van der Waals surface area contributed by atoms with Crippen molar-refractivity contribution < 1.29 is 4.42 Å². The zero-order valence-corrected chi connectivity index (χ0v) is 24.5. The third-order valence-electron chi connectivity index (χ3n) is 8.58. The fourth-order valence-electron chi connectivity index (χ4n) is 6.39. The summed E-state index contributed by atoms with van der Waals surface area (Å²) >= 11 is 0. The fourth-order valence-corrected chi connectivity index (χ4v) is 6.39. The molecule has 1 aliphatic carbocycles. The number of furan rings is 1. The third-order valence-corrected chi connectivity index (χ3v) is 8.58. The van der Waals surface area contributed by atoms with Gasteiger partial charge in [0, 0.05) is 32.8 Å². The highest BCUT2D eigenvalue weighted by Gasteiger charge is 2.21. The lowest BCUT2D eigenvalue weighted by Crippen LogP contribution is -2.18. The van der Waals surface area contributed by atoms with Crippen molar-refractivity contribution in [2.24, 2.45) is 5.10 Å². The van der Waals surface area contributed by atoms with Crippen LogP contribution in [0.25, 0.3) is 72.3 Å². The molecule has 0 radical (unpaired) electrons. The van der Waals surface area contributed by atoms with E-state index in [0.29, 0.717) is 17.2 Å². The molecule has 0 amide bonds. The first kappa shape index (κ1) is 26.0. The second-order valence-electron chi connectivity index (χ2n) is 11.3. The van der Waals surface area contributed by atoms with Crippen LogP contribution >= 0.6 is 0 Å². The number of fused-ring (bicyclic) bond motifs is 7. The molecular weight excluding hydrogens is 566 g/mol. The maximum Gasteiger partial charge on any atom is 0.160 e. The second-order valence-corrected chi connectivity index (χ2v) is 11.3. The Morgan fingerprint density at radius 3 is 2.35 bits per heavy atom. The lowest BCUT2D eigenvalue weighted by atomic mass is 9.88. The Balaban J connectivity index is 1.21. The van der Waals surface area contributed by atoms with Crippen LogP contribution in [0.4, 0.5) is 5.69 Å². The molecule has 0 bridgehead atoms. The van der Waals surface area contributed by atoms with E-state index < -0.39 is 0 Å². The molecule has 216 valence electrons. The van der Waals surface area contributed by atoms with Gasteiger partial charge in [0.15, 0.2) is 5.82 Å². The summed E-state index contributed by atoms with van der Waals surface area (Å²) in [5, 5.41) is 18.8. The van der Waals surface area contributed by atoms with Gasteiger partial charge < -0.3 is 4.42 Å². The van der Waals surface area contributed by atoms with Gasteiger partial charge in [0.05, 0.1) is 22.6 Å². The average Bonchev–Trinajstić information content (AvgIpc) is 3.50. The summed E-state index contributed by atoms with van der Waals surface area (Å²) in [4.78, 5) is 10.3. The molecule has 2 heterocycles. The number of hydrogen-bond donors (Lipinski definition) is 2. The summed E-state index contributed by atoms with van der Waals surface area (Å²) in [5.41, 5.74) is 12.0. The second kappa shape index (κ2) is 10.4. The van der Waals surface area contributed by atoms with Crippen molar-refractivity contribution in [2.45, 2.75) is 0 Å². The van der Waals surface area contributed by atoms with Gasteiger partial charge in [-0.1, -0.05) is 97.1 Å². The van der Waals surface area contributed by atoms with Crippen molar-refractivity contribution >= 4 is 66.8 Å². The molecule has 0 aliphatic heterocycles. The molecule has 9 rings (SSSR count). The predicted molar refractivity (Wildman–Crippen MR) is 189 cm³/mol. The van der Waals surface area contributed by atoms with Crippen molar-refractivity contribution in [1.29, 1.82) is 5.41 Å². The molecule has 8 aromatic rings. The largest absolute Gasteiger partial charge is 0.456 e. The van der Waals surface area contributed by atoms with Gasteiger partial charge in [0.2, 0.25) is 0 Å². The Morgan fingerprint density at radius 1 is 0.652 bits per heavy atom. The Labute approximate surface area is 263 Å². The molecule has 2 aromatic heterocycles. The number of aromatic nitrogens is 2. The number of para-hydroxylation sites is 3.